The van der Waals surface area contributed by atoms with E-state index in [4.69, 9.17) is 11.2 Å². The summed E-state index contributed by atoms with van der Waals surface area (Å²) in [5, 5.41) is 0. The first kappa shape index (κ1) is 11.9. The van der Waals surface area contributed by atoms with Crippen molar-refractivity contribution in [3.05, 3.63) is 71.8 Å². The maximum atomic E-state index is 11.9. The Balaban J connectivity index is 2.14. The van der Waals surface area contributed by atoms with Gasteiger partial charge in [0.25, 0.3) is 0 Å². The van der Waals surface area contributed by atoms with Crippen molar-refractivity contribution in [3.63, 3.8) is 0 Å². The van der Waals surface area contributed by atoms with Gasteiger partial charge < -0.3 is 4.74 Å². The molecule has 0 amide bonds. The summed E-state index contributed by atoms with van der Waals surface area (Å²) in [4.78, 5) is 11.9. The van der Waals surface area contributed by atoms with Crippen molar-refractivity contribution in [2.75, 3.05) is 0 Å². The lowest BCUT2D eigenvalue weighted by atomic mass is 10.1. The Bertz CT molecular complexity index is 553. The number of hydrogen-bond donors (Lipinski definition) is 0. The highest BCUT2D eigenvalue weighted by atomic mass is 16.5. The van der Waals surface area contributed by atoms with Crippen molar-refractivity contribution in [3.8, 4) is 12.3 Å². The molecule has 1 atom stereocenters. The van der Waals surface area contributed by atoms with Crippen LogP contribution < -0.4 is 0 Å². The third-order valence-electron chi connectivity index (χ3n) is 2.49. The second-order valence-corrected chi connectivity index (χ2v) is 3.73. The zero-order chi connectivity index (χ0) is 12.8. The van der Waals surface area contributed by atoms with Gasteiger partial charge in [0.05, 0.1) is 5.56 Å². The number of rotatable bonds is 3. The van der Waals surface area contributed by atoms with E-state index in [1.807, 2.05) is 36.4 Å². The molecule has 2 rings (SSSR count). The summed E-state index contributed by atoms with van der Waals surface area (Å²) in [6.45, 7) is 0. The molecule has 0 N–H and O–H groups in total. The molecule has 1 unspecified atom stereocenters. The quantitative estimate of drug-likeness (QED) is 0.604. The standard InChI is InChI=1S/C16H12O2/c1-2-15(13-9-5-3-6-10-13)18-16(17)14-11-7-4-8-12-14/h1,3-12,15H. The van der Waals surface area contributed by atoms with Gasteiger partial charge in [-0.1, -0.05) is 54.5 Å². The molecule has 18 heavy (non-hydrogen) atoms. The summed E-state index contributed by atoms with van der Waals surface area (Å²) in [5.74, 6) is 2.06. The molecule has 0 radical (unpaired) electrons. The maximum Gasteiger partial charge on any atom is 0.339 e. The number of carbonyl (C=O) groups excluding carboxylic acids is 1. The van der Waals surface area contributed by atoms with E-state index in [-0.39, 0.29) is 0 Å². The van der Waals surface area contributed by atoms with Gasteiger partial charge in [0.2, 0.25) is 0 Å². The minimum Gasteiger partial charge on any atom is -0.441 e. The molecule has 2 heteroatoms. The van der Waals surface area contributed by atoms with Crippen LogP contribution >= 0.6 is 0 Å². The van der Waals surface area contributed by atoms with Crippen LogP contribution in [0.1, 0.15) is 22.0 Å². The minimum atomic E-state index is -0.654. The number of esters is 1. The summed E-state index contributed by atoms with van der Waals surface area (Å²) in [7, 11) is 0. The molecule has 0 saturated heterocycles. The average molecular weight is 236 g/mol. The van der Waals surface area contributed by atoms with Gasteiger partial charge in [-0.15, -0.1) is 6.42 Å². The Morgan fingerprint density at radius 3 is 2.11 bits per heavy atom. The van der Waals surface area contributed by atoms with Crippen LogP contribution in [0.15, 0.2) is 60.7 Å². The Morgan fingerprint density at radius 1 is 1.00 bits per heavy atom. The first-order valence-corrected chi connectivity index (χ1v) is 5.58. The van der Waals surface area contributed by atoms with Crippen molar-refractivity contribution in [2.45, 2.75) is 6.10 Å². The molecule has 0 fully saturated rings. The lowest BCUT2D eigenvalue weighted by Crippen LogP contribution is -2.10. The first-order valence-electron chi connectivity index (χ1n) is 5.58. The smallest absolute Gasteiger partial charge is 0.339 e. The fraction of sp³-hybridized carbons (Fsp3) is 0.0625. The number of ether oxygens (including phenoxy) is 1. The zero-order valence-corrected chi connectivity index (χ0v) is 9.74. The van der Waals surface area contributed by atoms with E-state index < -0.39 is 12.1 Å². The average Bonchev–Trinajstić information content (AvgIpc) is 2.46. The normalized spacial score (nSPS) is 11.3. The topological polar surface area (TPSA) is 26.3 Å². The molecular formula is C16H12O2. The number of carbonyl (C=O) groups is 1. The predicted octanol–water partition coefficient (Wildman–Crippen LogP) is 3.22. The van der Waals surface area contributed by atoms with Crippen molar-refractivity contribution < 1.29 is 9.53 Å². The van der Waals surface area contributed by atoms with E-state index in [1.54, 1.807) is 24.3 Å². The monoisotopic (exact) mass is 236 g/mol. The van der Waals surface area contributed by atoms with Gasteiger partial charge in [-0.25, -0.2) is 4.79 Å². The van der Waals surface area contributed by atoms with Crippen molar-refractivity contribution in [1.29, 1.82) is 0 Å². The Labute approximate surface area is 106 Å². The van der Waals surface area contributed by atoms with Gasteiger partial charge in [-0.3, -0.25) is 0 Å². The molecule has 0 aromatic heterocycles. The fourth-order valence-electron chi connectivity index (χ4n) is 1.58. The molecule has 0 aliphatic carbocycles. The fourth-order valence-corrected chi connectivity index (χ4v) is 1.58. The maximum absolute atomic E-state index is 11.9. The van der Waals surface area contributed by atoms with Crippen LogP contribution in [-0.2, 0) is 4.74 Å². The molecule has 0 bridgehead atoms. The second kappa shape index (κ2) is 5.70. The molecule has 0 heterocycles. The second-order valence-electron chi connectivity index (χ2n) is 3.73. The highest BCUT2D eigenvalue weighted by molar-refractivity contribution is 5.89. The number of terminal acetylenes is 1. The lowest BCUT2D eigenvalue weighted by molar-refractivity contribution is 0.0408. The third-order valence-corrected chi connectivity index (χ3v) is 2.49. The van der Waals surface area contributed by atoms with Crippen LogP contribution in [0.4, 0.5) is 0 Å². The molecular weight excluding hydrogens is 224 g/mol. The Kier molecular flexibility index (Phi) is 3.78. The number of hydrogen-bond acceptors (Lipinski definition) is 2. The van der Waals surface area contributed by atoms with Crippen LogP contribution in [-0.4, -0.2) is 5.97 Å². The Morgan fingerprint density at radius 2 is 1.56 bits per heavy atom. The van der Waals surface area contributed by atoms with Crippen LogP contribution in [0.5, 0.6) is 0 Å². The van der Waals surface area contributed by atoms with Crippen LogP contribution in [0.3, 0.4) is 0 Å². The molecule has 0 saturated carbocycles. The number of benzene rings is 2. The molecule has 0 aliphatic rings. The summed E-state index contributed by atoms with van der Waals surface area (Å²) in [6, 6.07) is 18.1. The SMILES string of the molecule is C#CC(OC(=O)c1ccccc1)c1ccccc1. The van der Waals surface area contributed by atoms with Gasteiger partial charge in [-0.2, -0.15) is 0 Å². The molecule has 2 aromatic rings. The summed E-state index contributed by atoms with van der Waals surface area (Å²) in [5.41, 5.74) is 1.29. The molecule has 2 nitrogen and oxygen atoms in total. The third kappa shape index (κ3) is 2.78. The van der Waals surface area contributed by atoms with E-state index in [0.29, 0.717) is 5.56 Å². The van der Waals surface area contributed by atoms with Crippen molar-refractivity contribution in [2.24, 2.45) is 0 Å². The first-order chi connectivity index (χ1) is 8.81. The van der Waals surface area contributed by atoms with Crippen molar-refractivity contribution >= 4 is 5.97 Å². The summed E-state index contributed by atoms with van der Waals surface area (Å²) in [6.07, 6.45) is 4.75. The van der Waals surface area contributed by atoms with Gasteiger partial charge >= 0.3 is 5.97 Å². The predicted molar refractivity (Wildman–Crippen MR) is 69.9 cm³/mol. The Hall–Kier alpha value is -2.53. The van der Waals surface area contributed by atoms with Crippen LogP contribution in [0.25, 0.3) is 0 Å². The van der Waals surface area contributed by atoms with Gasteiger partial charge in [0, 0.05) is 5.56 Å². The molecule has 0 aliphatic heterocycles. The van der Waals surface area contributed by atoms with Gasteiger partial charge in [0.15, 0.2) is 6.10 Å². The van der Waals surface area contributed by atoms with Crippen LogP contribution in [0, 0.1) is 12.3 Å². The van der Waals surface area contributed by atoms with Gasteiger partial charge in [0.1, 0.15) is 0 Å². The van der Waals surface area contributed by atoms with Gasteiger partial charge in [-0.05, 0) is 12.1 Å². The van der Waals surface area contributed by atoms with E-state index >= 15 is 0 Å². The summed E-state index contributed by atoms with van der Waals surface area (Å²) >= 11 is 0. The van der Waals surface area contributed by atoms with E-state index in [9.17, 15) is 4.79 Å². The van der Waals surface area contributed by atoms with E-state index in [1.165, 1.54) is 0 Å². The highest BCUT2D eigenvalue weighted by Gasteiger charge is 2.14. The molecule has 0 spiro atoms. The highest BCUT2D eigenvalue weighted by Crippen LogP contribution is 2.17. The lowest BCUT2D eigenvalue weighted by Gasteiger charge is -2.12. The largest absolute Gasteiger partial charge is 0.441 e. The molecule has 2 aromatic carbocycles. The molecule has 88 valence electrons. The van der Waals surface area contributed by atoms with E-state index in [2.05, 4.69) is 5.92 Å². The van der Waals surface area contributed by atoms with Crippen molar-refractivity contribution in [1.82, 2.24) is 0 Å². The minimum absolute atomic E-state index is 0.414. The van der Waals surface area contributed by atoms with E-state index in [0.717, 1.165) is 5.56 Å². The van der Waals surface area contributed by atoms with Crippen LogP contribution in [0.2, 0.25) is 0 Å². The zero-order valence-electron chi connectivity index (χ0n) is 9.74. The summed E-state index contributed by atoms with van der Waals surface area (Å²) < 4.78 is 5.30.